The zero-order valence-electron chi connectivity index (χ0n) is 6.99. The van der Waals surface area contributed by atoms with Gasteiger partial charge in [-0.1, -0.05) is 11.6 Å². The van der Waals surface area contributed by atoms with E-state index in [1.807, 2.05) is 0 Å². The number of hydrogen-bond donors (Lipinski definition) is 1. The average Bonchev–Trinajstić information content (AvgIpc) is 2.51. The highest BCUT2D eigenvalue weighted by Crippen LogP contribution is 2.24. The molecule has 1 unspecified atom stereocenters. The van der Waals surface area contributed by atoms with Crippen molar-refractivity contribution in [1.29, 1.82) is 0 Å². The van der Waals surface area contributed by atoms with Gasteiger partial charge in [-0.25, -0.2) is 4.98 Å². The summed E-state index contributed by atoms with van der Waals surface area (Å²) in [6.45, 7) is 0. The minimum absolute atomic E-state index is 0.125. The fourth-order valence-corrected chi connectivity index (χ4v) is 1.72. The lowest BCUT2D eigenvalue weighted by Crippen LogP contribution is -2.15. The predicted molar refractivity (Wildman–Crippen MR) is 50.7 cm³/mol. The van der Waals surface area contributed by atoms with Crippen molar-refractivity contribution in [2.75, 3.05) is 7.11 Å². The van der Waals surface area contributed by atoms with E-state index in [1.54, 1.807) is 0 Å². The van der Waals surface area contributed by atoms with Crippen LogP contribution in [0.4, 0.5) is 0 Å². The van der Waals surface area contributed by atoms with E-state index >= 15 is 0 Å². The zero-order valence-corrected chi connectivity index (χ0v) is 8.56. The highest BCUT2D eigenvalue weighted by molar-refractivity contribution is 7.15. The van der Waals surface area contributed by atoms with Gasteiger partial charge in [-0.3, -0.25) is 4.79 Å². The van der Waals surface area contributed by atoms with E-state index in [4.69, 9.17) is 17.3 Å². The second-order valence-corrected chi connectivity index (χ2v) is 4.08. The smallest absolute Gasteiger partial charge is 0.307 e. The molecule has 0 amide bonds. The van der Waals surface area contributed by atoms with Crippen LogP contribution in [0.2, 0.25) is 4.34 Å². The van der Waals surface area contributed by atoms with Gasteiger partial charge < -0.3 is 10.5 Å². The van der Waals surface area contributed by atoms with E-state index < -0.39 is 6.04 Å². The Morgan fingerprint density at radius 2 is 2.62 bits per heavy atom. The number of carbonyl (C=O) groups is 1. The Balaban J connectivity index is 2.58. The molecule has 2 N–H and O–H groups in total. The molecule has 0 aliphatic heterocycles. The second kappa shape index (κ2) is 4.55. The number of thiazole rings is 1. The molecule has 1 rings (SSSR count). The van der Waals surface area contributed by atoms with Gasteiger partial charge in [0.25, 0.3) is 0 Å². The number of halogens is 1. The summed E-state index contributed by atoms with van der Waals surface area (Å²) in [4.78, 5) is 14.8. The third-order valence-corrected chi connectivity index (χ3v) is 2.67. The van der Waals surface area contributed by atoms with Crippen molar-refractivity contribution >= 4 is 28.9 Å². The molecule has 1 heterocycles. The van der Waals surface area contributed by atoms with Crippen molar-refractivity contribution in [3.63, 3.8) is 0 Å². The van der Waals surface area contributed by atoms with Crippen molar-refractivity contribution < 1.29 is 9.53 Å². The molecule has 13 heavy (non-hydrogen) atoms. The van der Waals surface area contributed by atoms with Gasteiger partial charge in [0, 0.05) is 0 Å². The maximum absolute atomic E-state index is 10.8. The summed E-state index contributed by atoms with van der Waals surface area (Å²) in [5.41, 5.74) is 5.67. The minimum Gasteiger partial charge on any atom is -0.469 e. The molecule has 0 spiro atoms. The molecule has 1 aromatic heterocycles. The Bertz CT molecular complexity index is 302. The van der Waals surface area contributed by atoms with Gasteiger partial charge in [0.2, 0.25) is 0 Å². The van der Waals surface area contributed by atoms with Gasteiger partial charge in [-0.15, -0.1) is 11.3 Å². The van der Waals surface area contributed by atoms with Crippen LogP contribution in [0.1, 0.15) is 17.5 Å². The third-order valence-electron chi connectivity index (χ3n) is 1.43. The highest BCUT2D eigenvalue weighted by Gasteiger charge is 2.14. The number of aromatic nitrogens is 1. The SMILES string of the molecule is COC(=O)CC(N)c1ncc(Cl)s1. The van der Waals surface area contributed by atoms with Crippen LogP contribution >= 0.6 is 22.9 Å². The van der Waals surface area contributed by atoms with Crippen LogP contribution in [0.25, 0.3) is 0 Å². The molecule has 0 saturated carbocycles. The van der Waals surface area contributed by atoms with Gasteiger partial charge in [0.05, 0.1) is 25.8 Å². The van der Waals surface area contributed by atoms with Gasteiger partial charge in [-0.2, -0.15) is 0 Å². The van der Waals surface area contributed by atoms with Crippen LogP contribution in [0.3, 0.4) is 0 Å². The predicted octanol–water partition coefficient (Wildman–Crippen LogP) is 1.36. The van der Waals surface area contributed by atoms with E-state index in [0.29, 0.717) is 9.34 Å². The fourth-order valence-electron chi connectivity index (χ4n) is 0.789. The van der Waals surface area contributed by atoms with Gasteiger partial charge in [0.15, 0.2) is 0 Å². The van der Waals surface area contributed by atoms with E-state index in [9.17, 15) is 4.79 Å². The molecule has 6 heteroatoms. The molecule has 0 fully saturated rings. The standard InChI is InChI=1S/C7H9ClN2O2S/c1-12-6(11)2-4(9)7-10-3-5(8)13-7/h3-4H,2,9H2,1H3. The Morgan fingerprint density at radius 1 is 1.92 bits per heavy atom. The van der Waals surface area contributed by atoms with E-state index in [2.05, 4.69) is 9.72 Å². The number of nitrogens with two attached hydrogens (primary N) is 1. The number of nitrogens with zero attached hydrogens (tertiary/aromatic N) is 1. The first-order valence-electron chi connectivity index (χ1n) is 3.57. The normalized spacial score (nSPS) is 12.5. The first-order valence-corrected chi connectivity index (χ1v) is 4.76. The molecular weight excluding hydrogens is 212 g/mol. The first kappa shape index (κ1) is 10.4. The molecular formula is C7H9ClN2O2S. The van der Waals surface area contributed by atoms with E-state index in [-0.39, 0.29) is 12.4 Å². The molecule has 0 aliphatic carbocycles. The lowest BCUT2D eigenvalue weighted by atomic mass is 10.2. The number of rotatable bonds is 3. The summed E-state index contributed by atoms with van der Waals surface area (Å²) < 4.78 is 5.04. The zero-order chi connectivity index (χ0) is 9.84. The summed E-state index contributed by atoms with van der Waals surface area (Å²) in [6, 6.07) is -0.426. The summed E-state index contributed by atoms with van der Waals surface area (Å²) in [5, 5.41) is 0.649. The van der Waals surface area contributed by atoms with Crippen molar-refractivity contribution in [2.45, 2.75) is 12.5 Å². The molecule has 1 atom stereocenters. The highest BCUT2D eigenvalue weighted by atomic mass is 35.5. The maximum Gasteiger partial charge on any atom is 0.307 e. The summed E-state index contributed by atoms with van der Waals surface area (Å²) >= 11 is 6.93. The lowest BCUT2D eigenvalue weighted by Gasteiger charge is -2.05. The van der Waals surface area contributed by atoms with Crippen molar-refractivity contribution in [2.24, 2.45) is 5.73 Å². The van der Waals surface area contributed by atoms with Crippen molar-refractivity contribution in [1.82, 2.24) is 4.98 Å². The number of ether oxygens (including phenoxy) is 1. The first-order chi connectivity index (χ1) is 6.13. The lowest BCUT2D eigenvalue weighted by molar-refractivity contribution is -0.141. The molecule has 0 bridgehead atoms. The van der Waals surface area contributed by atoms with E-state index in [1.165, 1.54) is 24.6 Å². The summed E-state index contributed by atoms with van der Waals surface area (Å²) in [7, 11) is 1.32. The van der Waals surface area contributed by atoms with E-state index in [0.717, 1.165) is 0 Å². The van der Waals surface area contributed by atoms with Crippen LogP contribution in [0, 0.1) is 0 Å². The van der Waals surface area contributed by atoms with Crippen molar-refractivity contribution in [3.8, 4) is 0 Å². The monoisotopic (exact) mass is 220 g/mol. The third kappa shape index (κ3) is 2.95. The topological polar surface area (TPSA) is 65.2 Å². The second-order valence-electron chi connectivity index (χ2n) is 2.39. The Hall–Kier alpha value is -0.650. The largest absolute Gasteiger partial charge is 0.469 e. The summed E-state index contributed by atoms with van der Waals surface area (Å²) in [5.74, 6) is -0.348. The van der Waals surface area contributed by atoms with Gasteiger partial charge in [-0.05, 0) is 0 Å². The quantitative estimate of drug-likeness (QED) is 0.782. The number of esters is 1. The molecule has 4 nitrogen and oxygen atoms in total. The Kier molecular flexibility index (Phi) is 3.65. The molecule has 0 radical (unpaired) electrons. The number of hydrogen-bond acceptors (Lipinski definition) is 5. The Labute approximate surface area is 84.7 Å². The van der Waals surface area contributed by atoms with Crippen LogP contribution in [0.15, 0.2) is 6.20 Å². The van der Waals surface area contributed by atoms with Crippen molar-refractivity contribution in [3.05, 3.63) is 15.5 Å². The maximum atomic E-state index is 10.8. The fraction of sp³-hybridized carbons (Fsp3) is 0.429. The van der Waals surface area contributed by atoms with Gasteiger partial charge in [0.1, 0.15) is 9.34 Å². The molecule has 0 aromatic carbocycles. The van der Waals surface area contributed by atoms with Crippen LogP contribution in [-0.2, 0) is 9.53 Å². The average molecular weight is 221 g/mol. The van der Waals surface area contributed by atoms with Crippen LogP contribution in [0.5, 0.6) is 0 Å². The molecule has 0 saturated heterocycles. The molecule has 72 valence electrons. The van der Waals surface area contributed by atoms with Crippen LogP contribution in [-0.4, -0.2) is 18.1 Å². The molecule has 0 aliphatic rings. The van der Waals surface area contributed by atoms with Crippen LogP contribution < -0.4 is 5.73 Å². The Morgan fingerprint density at radius 3 is 3.08 bits per heavy atom. The van der Waals surface area contributed by atoms with Gasteiger partial charge >= 0.3 is 5.97 Å². The summed E-state index contributed by atoms with van der Waals surface area (Å²) in [6.07, 6.45) is 1.64. The number of methoxy groups -OCH3 is 1. The minimum atomic E-state index is -0.426. The molecule has 1 aromatic rings. The number of carbonyl (C=O) groups excluding carboxylic acids is 1.